The van der Waals surface area contributed by atoms with E-state index in [4.69, 9.17) is 24.8 Å². The van der Waals surface area contributed by atoms with Crippen molar-refractivity contribution in [3.63, 3.8) is 0 Å². The van der Waals surface area contributed by atoms with Gasteiger partial charge in [0.1, 0.15) is 12.6 Å². The van der Waals surface area contributed by atoms with Crippen LogP contribution < -0.4 is 5.73 Å². The molecule has 12 heteroatoms. The second-order valence-corrected chi connectivity index (χ2v) is 15.6. The molecule has 0 saturated carbocycles. The van der Waals surface area contributed by atoms with Crippen LogP contribution in [0.5, 0.6) is 0 Å². The molecule has 0 fully saturated rings. The number of carboxylic acids is 1. The Kier molecular flexibility index (Phi) is 38.1. The standard InChI is InChI=1S/C46H76NO10P/c1-3-5-7-9-11-13-15-17-19-21-23-25-27-29-31-33-35-37-44(48)54-39-42(40-55-58(52,53)56-41-43(47)46(50)51)57-45(49)38-36-34-32-30-28-26-24-22-20-18-16-14-12-10-8-6-4-2/h11-14,17-20,23-26,30,32,42-43H,3-10,15-16,21-22,27-29,31,33-41,47H2,1-2H3,(H,50,51)(H,52,53)/b13-11+,14-12+,19-17+,20-18+,25-23+,26-24+,32-30+/t42-,43+/m1/s1. The lowest BCUT2D eigenvalue weighted by atomic mass is 10.1. The van der Waals surface area contributed by atoms with Crippen molar-refractivity contribution in [2.75, 3.05) is 19.8 Å². The number of carboxylic acid groups (broad SMARTS) is 1. The number of rotatable bonds is 39. The quantitative estimate of drug-likeness (QED) is 0.0233. The fourth-order valence-electron chi connectivity index (χ4n) is 5.18. The van der Waals surface area contributed by atoms with Gasteiger partial charge < -0.3 is 25.2 Å². The molecular formula is C46H76NO10P. The predicted molar refractivity (Wildman–Crippen MR) is 235 cm³/mol. The summed E-state index contributed by atoms with van der Waals surface area (Å²) in [6, 6.07) is -1.54. The molecule has 0 aliphatic carbocycles. The molecule has 330 valence electrons. The Morgan fingerprint density at radius 3 is 1.40 bits per heavy atom. The van der Waals surface area contributed by atoms with Crippen LogP contribution in [0.25, 0.3) is 0 Å². The summed E-state index contributed by atoms with van der Waals surface area (Å²) in [5.74, 6) is -2.49. The normalized spacial score (nSPS) is 14.6. The lowest BCUT2D eigenvalue weighted by Crippen LogP contribution is -2.34. The number of carbonyl (C=O) groups excluding carboxylic acids is 2. The van der Waals surface area contributed by atoms with E-state index < -0.39 is 51.1 Å². The zero-order valence-corrected chi connectivity index (χ0v) is 36.5. The van der Waals surface area contributed by atoms with Crippen molar-refractivity contribution in [3.8, 4) is 0 Å². The van der Waals surface area contributed by atoms with Crippen molar-refractivity contribution in [1.82, 2.24) is 0 Å². The van der Waals surface area contributed by atoms with E-state index in [9.17, 15) is 23.8 Å². The number of hydrogen-bond donors (Lipinski definition) is 3. The number of allylic oxidation sites excluding steroid dienone is 14. The van der Waals surface area contributed by atoms with Gasteiger partial charge in [-0.2, -0.15) is 0 Å². The highest BCUT2D eigenvalue weighted by Crippen LogP contribution is 2.43. The van der Waals surface area contributed by atoms with Crippen molar-refractivity contribution < 1.29 is 47.5 Å². The number of carbonyl (C=O) groups is 3. The van der Waals surface area contributed by atoms with Gasteiger partial charge in [-0.3, -0.25) is 23.4 Å². The number of aliphatic carboxylic acids is 1. The Balaban J connectivity index is 4.53. The van der Waals surface area contributed by atoms with E-state index in [0.29, 0.717) is 19.3 Å². The SMILES string of the molecule is CCCCC/C=C/C/C=C/C/C=C/C/C=C/CCCC(=O)O[C@H](COC(=O)CCCCCC/C=C/C/C=C/C/C=C/CCCCC)COP(=O)(O)OC[C@H](N)C(=O)O. The molecule has 0 aromatic heterocycles. The minimum atomic E-state index is -4.74. The first-order chi connectivity index (χ1) is 28.1. The van der Waals surface area contributed by atoms with E-state index in [1.165, 1.54) is 38.5 Å². The first-order valence-corrected chi connectivity index (χ1v) is 23.1. The van der Waals surface area contributed by atoms with Crippen LogP contribution in [0.15, 0.2) is 85.1 Å². The van der Waals surface area contributed by atoms with E-state index in [2.05, 4.69) is 91.3 Å². The Labute approximate surface area is 350 Å². The first-order valence-electron chi connectivity index (χ1n) is 21.6. The molecule has 0 spiro atoms. The third-order valence-electron chi connectivity index (χ3n) is 8.62. The Bertz CT molecular complexity index is 1300. The summed E-state index contributed by atoms with van der Waals surface area (Å²) in [4.78, 5) is 45.9. The second-order valence-electron chi connectivity index (χ2n) is 14.1. The van der Waals surface area contributed by atoms with E-state index in [0.717, 1.165) is 70.6 Å². The molecule has 0 radical (unpaired) electrons. The molecule has 3 atom stereocenters. The Morgan fingerprint density at radius 2 is 0.931 bits per heavy atom. The lowest BCUT2D eigenvalue weighted by Gasteiger charge is -2.20. The van der Waals surface area contributed by atoms with Gasteiger partial charge in [-0.1, -0.05) is 137 Å². The zero-order chi connectivity index (χ0) is 42.8. The molecule has 0 amide bonds. The summed E-state index contributed by atoms with van der Waals surface area (Å²) in [6.07, 6.45) is 49.4. The highest BCUT2D eigenvalue weighted by Gasteiger charge is 2.28. The van der Waals surface area contributed by atoms with E-state index >= 15 is 0 Å². The average Bonchev–Trinajstić information content (AvgIpc) is 3.20. The van der Waals surface area contributed by atoms with Gasteiger partial charge in [0.05, 0.1) is 13.2 Å². The highest BCUT2D eigenvalue weighted by atomic mass is 31.2. The fourth-order valence-corrected chi connectivity index (χ4v) is 5.96. The van der Waals surface area contributed by atoms with Gasteiger partial charge in [-0.25, -0.2) is 4.57 Å². The molecule has 0 aliphatic heterocycles. The summed E-state index contributed by atoms with van der Waals surface area (Å²) in [7, 11) is -4.74. The molecule has 0 saturated heterocycles. The van der Waals surface area contributed by atoms with Crippen molar-refractivity contribution in [3.05, 3.63) is 85.1 Å². The van der Waals surface area contributed by atoms with Gasteiger partial charge >= 0.3 is 25.7 Å². The Hall–Kier alpha value is -3.34. The third-order valence-corrected chi connectivity index (χ3v) is 9.57. The van der Waals surface area contributed by atoms with Gasteiger partial charge in [-0.05, 0) is 89.9 Å². The molecule has 0 heterocycles. The highest BCUT2D eigenvalue weighted by molar-refractivity contribution is 7.47. The fraction of sp³-hybridized carbons (Fsp3) is 0.630. The van der Waals surface area contributed by atoms with Crippen molar-refractivity contribution >= 4 is 25.7 Å². The number of ether oxygens (including phenoxy) is 2. The number of phosphoric acid groups is 1. The minimum absolute atomic E-state index is 0.0754. The number of phosphoric ester groups is 1. The molecule has 58 heavy (non-hydrogen) atoms. The summed E-state index contributed by atoms with van der Waals surface area (Å²) < 4.78 is 32.6. The summed E-state index contributed by atoms with van der Waals surface area (Å²) in [6.45, 7) is 2.65. The van der Waals surface area contributed by atoms with Crippen LogP contribution in [-0.4, -0.2) is 59.9 Å². The zero-order valence-electron chi connectivity index (χ0n) is 35.6. The van der Waals surface area contributed by atoms with Crippen molar-refractivity contribution in [1.29, 1.82) is 0 Å². The van der Waals surface area contributed by atoms with Crippen LogP contribution in [0.1, 0.15) is 155 Å². The maximum Gasteiger partial charge on any atom is 0.472 e. The molecule has 1 unspecified atom stereocenters. The van der Waals surface area contributed by atoms with Crippen molar-refractivity contribution in [2.24, 2.45) is 5.73 Å². The van der Waals surface area contributed by atoms with Crippen molar-refractivity contribution in [2.45, 2.75) is 167 Å². The average molecular weight is 834 g/mol. The summed E-state index contributed by atoms with van der Waals surface area (Å²) in [5.41, 5.74) is 5.33. The van der Waals surface area contributed by atoms with Gasteiger partial charge in [-0.15, -0.1) is 0 Å². The third kappa shape index (κ3) is 39.5. The molecule has 0 rings (SSSR count). The van der Waals surface area contributed by atoms with Gasteiger partial charge in [0.15, 0.2) is 6.10 Å². The van der Waals surface area contributed by atoms with Gasteiger partial charge in [0.25, 0.3) is 0 Å². The molecule has 0 aliphatic rings. The topological polar surface area (TPSA) is 172 Å². The van der Waals surface area contributed by atoms with Gasteiger partial charge in [0, 0.05) is 12.8 Å². The Morgan fingerprint density at radius 1 is 0.534 bits per heavy atom. The monoisotopic (exact) mass is 834 g/mol. The first kappa shape index (κ1) is 54.7. The maximum absolute atomic E-state index is 12.6. The number of hydrogen-bond acceptors (Lipinski definition) is 9. The second kappa shape index (κ2) is 40.4. The molecule has 0 bridgehead atoms. The van der Waals surface area contributed by atoms with Crippen LogP contribution in [0.4, 0.5) is 0 Å². The largest absolute Gasteiger partial charge is 0.480 e. The lowest BCUT2D eigenvalue weighted by molar-refractivity contribution is -0.161. The van der Waals surface area contributed by atoms with Crippen LogP contribution in [0.3, 0.4) is 0 Å². The van der Waals surface area contributed by atoms with Crippen LogP contribution in [0, 0.1) is 0 Å². The molecule has 0 aromatic carbocycles. The van der Waals surface area contributed by atoms with E-state index in [1.807, 2.05) is 12.2 Å². The molecular weight excluding hydrogens is 757 g/mol. The summed E-state index contributed by atoms with van der Waals surface area (Å²) in [5, 5.41) is 8.89. The number of unbranched alkanes of at least 4 members (excludes halogenated alkanes) is 11. The number of nitrogens with two attached hydrogens (primary N) is 1. The van der Waals surface area contributed by atoms with Gasteiger partial charge in [0.2, 0.25) is 0 Å². The smallest absolute Gasteiger partial charge is 0.472 e. The molecule has 11 nitrogen and oxygen atoms in total. The van der Waals surface area contributed by atoms with E-state index in [-0.39, 0.29) is 19.4 Å². The molecule has 0 aromatic rings. The van der Waals surface area contributed by atoms with Crippen LogP contribution in [0.2, 0.25) is 0 Å². The minimum Gasteiger partial charge on any atom is -0.480 e. The molecule has 4 N–H and O–H groups in total. The van der Waals surface area contributed by atoms with Crippen LogP contribution >= 0.6 is 7.82 Å². The number of esters is 2. The van der Waals surface area contributed by atoms with E-state index in [1.54, 1.807) is 0 Å². The summed E-state index contributed by atoms with van der Waals surface area (Å²) >= 11 is 0. The maximum atomic E-state index is 12.6. The predicted octanol–water partition coefficient (Wildman–Crippen LogP) is 11.5. The van der Waals surface area contributed by atoms with Crippen LogP contribution in [-0.2, 0) is 37.5 Å².